The number of ether oxygens (including phenoxy) is 1. The molecule has 0 aliphatic heterocycles. The van der Waals surface area contributed by atoms with Crippen molar-refractivity contribution in [1.82, 2.24) is 10.6 Å². The smallest absolute Gasteiger partial charge is 0.224 e. The molecule has 0 radical (unpaired) electrons. The summed E-state index contributed by atoms with van der Waals surface area (Å²) >= 11 is 0. The van der Waals surface area contributed by atoms with Crippen molar-refractivity contribution < 1.29 is 23.4 Å². The fourth-order valence-corrected chi connectivity index (χ4v) is 5.12. The molecule has 39 heavy (non-hydrogen) atoms. The normalized spacial score (nSPS) is 16.7. The standard InChI is InChI=1S/C32H38F2N2O3/c1-32(2,3)39-26-13-12-23-10-7-11-28(27(23)19-26)35-20-30(37)29(16-22-14-24(33)18-25(34)15-22)36-31(38)17-21-8-5-4-6-9-21/h4-6,8-9,12-15,18-19,28-30,35,37H,7,10-11,16-17,20H2,1-3H3,(H,36,38)/t28-,29-,30-/m0/s1. The van der Waals surface area contributed by atoms with Crippen LogP contribution in [0.25, 0.3) is 0 Å². The minimum absolute atomic E-state index is 0.0132. The molecule has 3 atom stereocenters. The molecule has 3 aromatic rings. The molecule has 0 fully saturated rings. The Kier molecular flexibility index (Phi) is 9.36. The highest BCUT2D eigenvalue weighted by atomic mass is 19.1. The van der Waals surface area contributed by atoms with Crippen molar-refractivity contribution in [2.45, 2.75) is 76.7 Å². The summed E-state index contributed by atoms with van der Waals surface area (Å²) in [6.07, 6.45) is 2.13. The van der Waals surface area contributed by atoms with Gasteiger partial charge in [-0.2, -0.15) is 0 Å². The number of halogens is 2. The Bertz CT molecular complexity index is 1240. The quantitative estimate of drug-likeness (QED) is 0.323. The zero-order valence-corrected chi connectivity index (χ0v) is 22.8. The molecule has 4 rings (SSSR count). The molecule has 208 valence electrons. The van der Waals surface area contributed by atoms with Gasteiger partial charge in [0.25, 0.3) is 0 Å². The summed E-state index contributed by atoms with van der Waals surface area (Å²) in [5.74, 6) is -0.859. The van der Waals surface area contributed by atoms with Crippen LogP contribution in [-0.2, 0) is 24.1 Å². The van der Waals surface area contributed by atoms with E-state index in [-0.39, 0.29) is 36.9 Å². The third-order valence-electron chi connectivity index (χ3n) is 6.83. The number of fused-ring (bicyclic) bond motifs is 1. The second kappa shape index (κ2) is 12.7. The van der Waals surface area contributed by atoms with Gasteiger partial charge in [0.15, 0.2) is 0 Å². The first-order valence-corrected chi connectivity index (χ1v) is 13.6. The van der Waals surface area contributed by atoms with Gasteiger partial charge in [-0.15, -0.1) is 0 Å². The molecule has 7 heteroatoms. The predicted octanol–water partition coefficient (Wildman–Crippen LogP) is 5.44. The first-order chi connectivity index (χ1) is 18.6. The maximum atomic E-state index is 13.9. The first kappa shape index (κ1) is 28.7. The van der Waals surface area contributed by atoms with E-state index in [9.17, 15) is 18.7 Å². The van der Waals surface area contributed by atoms with Crippen LogP contribution in [-0.4, -0.2) is 35.3 Å². The highest BCUT2D eigenvalue weighted by molar-refractivity contribution is 5.79. The summed E-state index contributed by atoms with van der Waals surface area (Å²) in [5.41, 5.74) is 3.28. The number of benzene rings is 3. The van der Waals surface area contributed by atoms with Crippen LogP contribution >= 0.6 is 0 Å². The molecule has 3 N–H and O–H groups in total. The average Bonchev–Trinajstić information content (AvgIpc) is 2.86. The number of aryl methyl sites for hydroxylation is 1. The van der Waals surface area contributed by atoms with E-state index in [1.54, 1.807) is 0 Å². The Morgan fingerprint density at radius 2 is 1.74 bits per heavy atom. The van der Waals surface area contributed by atoms with E-state index in [1.807, 2.05) is 57.2 Å². The molecular formula is C32H38F2N2O3. The van der Waals surface area contributed by atoms with E-state index in [1.165, 1.54) is 17.7 Å². The largest absolute Gasteiger partial charge is 0.488 e. The van der Waals surface area contributed by atoms with Gasteiger partial charge in [-0.1, -0.05) is 36.4 Å². The van der Waals surface area contributed by atoms with Gasteiger partial charge in [0, 0.05) is 18.7 Å². The summed E-state index contributed by atoms with van der Waals surface area (Å²) < 4.78 is 33.8. The van der Waals surface area contributed by atoms with Gasteiger partial charge >= 0.3 is 0 Å². The first-order valence-electron chi connectivity index (χ1n) is 13.6. The molecule has 0 bridgehead atoms. The number of carbonyl (C=O) groups is 1. The van der Waals surface area contributed by atoms with Gasteiger partial charge in [0.05, 0.1) is 18.6 Å². The maximum absolute atomic E-state index is 13.9. The lowest BCUT2D eigenvalue weighted by Crippen LogP contribution is -2.49. The summed E-state index contributed by atoms with van der Waals surface area (Å²) in [4.78, 5) is 12.9. The predicted molar refractivity (Wildman–Crippen MR) is 149 cm³/mol. The molecule has 5 nitrogen and oxygen atoms in total. The lowest BCUT2D eigenvalue weighted by atomic mass is 9.87. The van der Waals surface area contributed by atoms with Gasteiger partial charge in [-0.05, 0) is 93.0 Å². The molecule has 0 aromatic heterocycles. The fourth-order valence-electron chi connectivity index (χ4n) is 5.12. The van der Waals surface area contributed by atoms with E-state index in [0.717, 1.165) is 42.2 Å². The minimum Gasteiger partial charge on any atom is -0.488 e. The van der Waals surface area contributed by atoms with Crippen LogP contribution in [0.3, 0.4) is 0 Å². The van der Waals surface area contributed by atoms with Crippen LogP contribution in [0.4, 0.5) is 8.78 Å². The van der Waals surface area contributed by atoms with E-state index in [2.05, 4.69) is 22.8 Å². The molecule has 0 heterocycles. The lowest BCUT2D eigenvalue weighted by molar-refractivity contribution is -0.122. The molecule has 0 unspecified atom stereocenters. The molecule has 3 aromatic carbocycles. The van der Waals surface area contributed by atoms with Crippen LogP contribution in [0.2, 0.25) is 0 Å². The van der Waals surface area contributed by atoms with Gasteiger partial charge in [0.2, 0.25) is 5.91 Å². The van der Waals surface area contributed by atoms with Crippen molar-refractivity contribution in [2.75, 3.05) is 6.54 Å². The van der Waals surface area contributed by atoms with Crippen LogP contribution in [0.15, 0.2) is 66.7 Å². The molecular weight excluding hydrogens is 498 g/mol. The molecule has 1 aliphatic rings. The Morgan fingerprint density at radius 3 is 2.44 bits per heavy atom. The van der Waals surface area contributed by atoms with E-state index in [4.69, 9.17) is 4.74 Å². The second-order valence-electron chi connectivity index (χ2n) is 11.3. The van der Waals surface area contributed by atoms with Crippen LogP contribution in [0.5, 0.6) is 5.75 Å². The Balaban J connectivity index is 1.47. The Hall–Kier alpha value is -3.29. The van der Waals surface area contributed by atoms with E-state index >= 15 is 0 Å². The van der Waals surface area contributed by atoms with Crippen molar-refractivity contribution in [3.05, 3.63) is 101 Å². The maximum Gasteiger partial charge on any atom is 0.224 e. The van der Waals surface area contributed by atoms with Gasteiger partial charge in [-0.25, -0.2) is 8.78 Å². The van der Waals surface area contributed by atoms with Crippen LogP contribution in [0.1, 0.15) is 61.9 Å². The molecule has 0 spiro atoms. The van der Waals surface area contributed by atoms with Crippen molar-refractivity contribution in [2.24, 2.45) is 0 Å². The van der Waals surface area contributed by atoms with Crippen LogP contribution in [0, 0.1) is 11.6 Å². The van der Waals surface area contributed by atoms with Crippen LogP contribution < -0.4 is 15.4 Å². The number of hydrogen-bond donors (Lipinski definition) is 3. The number of nitrogens with one attached hydrogen (secondary N) is 2. The van der Waals surface area contributed by atoms with Crippen molar-refractivity contribution in [3.63, 3.8) is 0 Å². The van der Waals surface area contributed by atoms with E-state index in [0.29, 0.717) is 5.56 Å². The third kappa shape index (κ3) is 8.60. The van der Waals surface area contributed by atoms with Crippen molar-refractivity contribution in [3.8, 4) is 5.75 Å². The molecule has 0 saturated carbocycles. The summed E-state index contributed by atoms with van der Waals surface area (Å²) in [6.45, 7) is 6.22. The van der Waals surface area contributed by atoms with E-state index < -0.39 is 23.8 Å². The molecule has 1 amide bonds. The SMILES string of the molecule is CC(C)(C)Oc1ccc2c(c1)[C@@H](NC[C@H](O)[C@H](Cc1cc(F)cc(F)c1)NC(=O)Cc1ccccc1)CCC2. The number of carbonyl (C=O) groups excluding carboxylic acids is 1. The highest BCUT2D eigenvalue weighted by Crippen LogP contribution is 2.33. The summed E-state index contributed by atoms with van der Waals surface area (Å²) in [5, 5.41) is 17.6. The Morgan fingerprint density at radius 1 is 1.03 bits per heavy atom. The second-order valence-corrected chi connectivity index (χ2v) is 11.3. The van der Waals surface area contributed by atoms with Gasteiger partial charge < -0.3 is 20.5 Å². The zero-order chi connectivity index (χ0) is 28.0. The van der Waals surface area contributed by atoms with Gasteiger partial charge in [-0.3, -0.25) is 4.79 Å². The topological polar surface area (TPSA) is 70.6 Å². The third-order valence-corrected chi connectivity index (χ3v) is 6.83. The molecule has 0 saturated heterocycles. The summed E-state index contributed by atoms with van der Waals surface area (Å²) in [7, 11) is 0. The zero-order valence-electron chi connectivity index (χ0n) is 22.8. The minimum atomic E-state index is -0.990. The number of hydrogen-bond acceptors (Lipinski definition) is 4. The lowest BCUT2D eigenvalue weighted by Gasteiger charge is -2.31. The van der Waals surface area contributed by atoms with Crippen molar-refractivity contribution >= 4 is 5.91 Å². The number of aliphatic hydroxyl groups excluding tert-OH is 1. The van der Waals surface area contributed by atoms with Crippen molar-refractivity contribution in [1.29, 1.82) is 0 Å². The number of rotatable bonds is 10. The van der Waals surface area contributed by atoms with Gasteiger partial charge in [0.1, 0.15) is 23.0 Å². The number of aliphatic hydroxyl groups is 1. The highest BCUT2D eigenvalue weighted by Gasteiger charge is 2.26. The Labute approximate surface area is 229 Å². The summed E-state index contributed by atoms with van der Waals surface area (Å²) in [6, 6.07) is 18.0. The molecule has 1 aliphatic carbocycles. The monoisotopic (exact) mass is 536 g/mol. The number of amides is 1. The average molecular weight is 537 g/mol. The fraction of sp³-hybridized carbons (Fsp3) is 0.406.